The Morgan fingerprint density at radius 2 is 2.43 bits per heavy atom. The second-order valence-corrected chi connectivity index (χ2v) is 1.20. The zero-order valence-electron chi connectivity index (χ0n) is 4.02. The maximum atomic E-state index is 11.7. The van der Waals surface area contributed by atoms with Gasteiger partial charge in [-0.2, -0.15) is 0 Å². The Bertz CT molecular complexity index is 89.7. The Morgan fingerprint density at radius 3 is 2.43 bits per heavy atom. The third-order valence-electron chi connectivity index (χ3n) is 0.576. The summed E-state index contributed by atoms with van der Waals surface area (Å²) >= 11 is 0. The molecule has 3 heteroatoms. The van der Waals surface area contributed by atoms with Gasteiger partial charge in [0.1, 0.15) is 11.9 Å². The maximum Gasteiger partial charge on any atom is 0.142 e. The molecule has 0 aromatic rings. The highest BCUT2D eigenvalue weighted by Gasteiger charge is 2.00. The first-order valence-electron chi connectivity index (χ1n) is 1.84. The number of alkyl halides is 1. The molecule has 0 aromatic carbocycles. The molecule has 0 unspecified atom stereocenters. The van der Waals surface area contributed by atoms with Crippen LogP contribution in [0.3, 0.4) is 0 Å². The normalized spacial score (nSPS) is 12.9. The molecule has 0 fully saturated rings. The minimum Gasteiger partial charge on any atom is -0.241 e. The molecule has 0 spiro atoms. The van der Waals surface area contributed by atoms with E-state index in [0.717, 1.165) is 0 Å². The first kappa shape index (κ1) is 6.27. The second-order valence-electron chi connectivity index (χ2n) is 1.20. The fourth-order valence-electron chi connectivity index (χ4n) is 0.0726. The number of hydrogen-bond acceptors (Lipinski definition) is 2. The van der Waals surface area contributed by atoms with Crippen LogP contribution in [0, 0.1) is 4.91 Å². The summed E-state index contributed by atoms with van der Waals surface area (Å²) in [6.45, 7) is 4.23. The standard InChI is InChI=1S/C4H6FNO/c1-3(5)4(2)6-7/h3H,2H2,1H3/t3-/m1/s1. The lowest BCUT2D eigenvalue weighted by molar-refractivity contribution is 0.409. The predicted octanol–water partition coefficient (Wildman–Crippen LogP) is 1.62. The van der Waals surface area contributed by atoms with Crippen LogP contribution in [0.4, 0.5) is 4.39 Å². The Balaban J connectivity index is 3.56. The smallest absolute Gasteiger partial charge is 0.142 e. The molecule has 0 rings (SSSR count). The Labute approximate surface area is 41.0 Å². The highest BCUT2D eigenvalue weighted by atomic mass is 19.1. The molecule has 0 aromatic heterocycles. The van der Waals surface area contributed by atoms with Crippen molar-refractivity contribution >= 4 is 0 Å². The van der Waals surface area contributed by atoms with E-state index in [-0.39, 0.29) is 5.70 Å². The average Bonchev–Trinajstić information content (AvgIpc) is 1.65. The first-order valence-corrected chi connectivity index (χ1v) is 1.84. The fraction of sp³-hybridized carbons (Fsp3) is 0.500. The number of rotatable bonds is 2. The van der Waals surface area contributed by atoms with E-state index in [2.05, 4.69) is 11.8 Å². The molecule has 40 valence electrons. The quantitative estimate of drug-likeness (QED) is 0.488. The summed E-state index contributed by atoms with van der Waals surface area (Å²) < 4.78 is 11.7. The van der Waals surface area contributed by atoms with Crippen LogP contribution in [0.1, 0.15) is 6.92 Å². The van der Waals surface area contributed by atoms with E-state index in [1.54, 1.807) is 0 Å². The van der Waals surface area contributed by atoms with Gasteiger partial charge >= 0.3 is 0 Å². The molecule has 2 nitrogen and oxygen atoms in total. The lowest BCUT2D eigenvalue weighted by Gasteiger charge is -1.90. The summed E-state index contributed by atoms with van der Waals surface area (Å²) in [6, 6.07) is 0. The maximum absolute atomic E-state index is 11.7. The lowest BCUT2D eigenvalue weighted by atomic mass is 10.4. The summed E-state index contributed by atoms with van der Waals surface area (Å²) in [5.41, 5.74) is -0.250. The molecule has 0 saturated carbocycles. The van der Waals surface area contributed by atoms with Crippen molar-refractivity contribution in [3.05, 3.63) is 17.2 Å². The molecule has 1 atom stereocenters. The highest BCUT2D eigenvalue weighted by Crippen LogP contribution is 2.01. The predicted molar refractivity (Wildman–Crippen MR) is 25.5 cm³/mol. The van der Waals surface area contributed by atoms with E-state index >= 15 is 0 Å². The highest BCUT2D eigenvalue weighted by molar-refractivity contribution is 4.96. The summed E-state index contributed by atoms with van der Waals surface area (Å²) in [4.78, 5) is 9.36. The van der Waals surface area contributed by atoms with Crippen LogP contribution >= 0.6 is 0 Å². The van der Waals surface area contributed by atoms with Crippen LogP contribution in [0.25, 0.3) is 0 Å². The zero-order chi connectivity index (χ0) is 5.86. The van der Waals surface area contributed by atoms with Gasteiger partial charge in [0.25, 0.3) is 0 Å². The van der Waals surface area contributed by atoms with Gasteiger partial charge in [0.2, 0.25) is 0 Å². The van der Waals surface area contributed by atoms with Crippen molar-refractivity contribution in [1.29, 1.82) is 0 Å². The van der Waals surface area contributed by atoms with Crippen molar-refractivity contribution in [3.63, 3.8) is 0 Å². The summed E-state index contributed by atoms with van der Waals surface area (Å²) in [7, 11) is 0. The fourth-order valence-corrected chi connectivity index (χ4v) is 0.0726. The molecule has 0 radical (unpaired) electrons. The number of allylic oxidation sites excluding steroid dienone is 1. The molecule has 0 heterocycles. The van der Waals surface area contributed by atoms with Crippen molar-refractivity contribution in [1.82, 2.24) is 0 Å². The van der Waals surface area contributed by atoms with Gasteiger partial charge in [0.15, 0.2) is 0 Å². The van der Waals surface area contributed by atoms with Crippen LogP contribution in [0.15, 0.2) is 17.5 Å². The Kier molecular flexibility index (Phi) is 2.19. The molecule has 0 aliphatic heterocycles. The van der Waals surface area contributed by atoms with Crippen molar-refractivity contribution in [3.8, 4) is 0 Å². The van der Waals surface area contributed by atoms with Gasteiger partial charge in [-0.25, -0.2) is 4.39 Å². The van der Waals surface area contributed by atoms with E-state index in [4.69, 9.17) is 0 Å². The van der Waals surface area contributed by atoms with Crippen molar-refractivity contribution in [2.75, 3.05) is 0 Å². The van der Waals surface area contributed by atoms with Gasteiger partial charge in [0.05, 0.1) is 0 Å². The molecule has 0 amide bonds. The van der Waals surface area contributed by atoms with Gasteiger partial charge in [0, 0.05) is 0 Å². The average molecular weight is 103 g/mol. The van der Waals surface area contributed by atoms with Crippen molar-refractivity contribution < 1.29 is 4.39 Å². The van der Waals surface area contributed by atoms with E-state index in [1.165, 1.54) is 6.92 Å². The van der Waals surface area contributed by atoms with E-state index < -0.39 is 6.17 Å². The molecule has 0 aliphatic carbocycles. The molecular formula is C4H6FNO. The number of hydrogen-bond donors (Lipinski definition) is 0. The number of halogens is 1. The van der Waals surface area contributed by atoms with Crippen LogP contribution in [0.5, 0.6) is 0 Å². The summed E-state index contributed by atoms with van der Waals surface area (Å²) in [5.74, 6) is 0. The topological polar surface area (TPSA) is 29.4 Å². The van der Waals surface area contributed by atoms with Crippen molar-refractivity contribution in [2.24, 2.45) is 5.18 Å². The second kappa shape index (κ2) is 2.44. The van der Waals surface area contributed by atoms with Gasteiger partial charge in [-0.3, -0.25) is 0 Å². The minimum absolute atomic E-state index is 0.250. The van der Waals surface area contributed by atoms with E-state index in [0.29, 0.717) is 0 Å². The van der Waals surface area contributed by atoms with Gasteiger partial charge in [-0.15, -0.1) is 4.91 Å². The van der Waals surface area contributed by atoms with E-state index in [9.17, 15) is 9.30 Å². The van der Waals surface area contributed by atoms with Crippen LogP contribution in [0.2, 0.25) is 0 Å². The molecular weight excluding hydrogens is 97.0 g/mol. The van der Waals surface area contributed by atoms with Crippen molar-refractivity contribution in [2.45, 2.75) is 13.1 Å². The lowest BCUT2D eigenvalue weighted by Crippen LogP contribution is -1.91. The molecule has 0 bridgehead atoms. The minimum atomic E-state index is -1.31. The van der Waals surface area contributed by atoms with E-state index in [1.807, 2.05) is 0 Å². The van der Waals surface area contributed by atoms with Gasteiger partial charge in [-0.05, 0) is 12.1 Å². The zero-order valence-corrected chi connectivity index (χ0v) is 4.02. The monoisotopic (exact) mass is 103 g/mol. The third kappa shape index (κ3) is 2.03. The van der Waals surface area contributed by atoms with Crippen LogP contribution in [-0.4, -0.2) is 6.17 Å². The summed E-state index contributed by atoms with van der Waals surface area (Å²) in [5, 5.41) is 2.27. The SMILES string of the molecule is C=C(N=O)[C@@H](C)F. The van der Waals surface area contributed by atoms with Gasteiger partial charge < -0.3 is 0 Å². The number of nitrogens with zero attached hydrogens (tertiary/aromatic N) is 1. The first-order chi connectivity index (χ1) is 3.18. The Morgan fingerprint density at radius 1 is 2.00 bits per heavy atom. The molecule has 0 N–H and O–H groups in total. The largest absolute Gasteiger partial charge is 0.241 e. The Hall–Kier alpha value is -0.730. The van der Waals surface area contributed by atoms with Crippen LogP contribution < -0.4 is 0 Å². The van der Waals surface area contributed by atoms with Crippen LogP contribution in [-0.2, 0) is 0 Å². The summed E-state index contributed by atoms with van der Waals surface area (Å²) in [6.07, 6.45) is -1.31. The number of nitroso groups, excluding NO2 is 1. The molecule has 7 heavy (non-hydrogen) atoms. The third-order valence-corrected chi connectivity index (χ3v) is 0.576. The molecule has 0 aliphatic rings. The van der Waals surface area contributed by atoms with Gasteiger partial charge in [-0.1, -0.05) is 6.58 Å². The molecule has 0 saturated heterocycles.